The molecule has 28 heavy (non-hydrogen) atoms. The molecule has 2 N–H and O–H groups in total. The molecule has 0 spiro atoms. The van der Waals surface area contributed by atoms with E-state index in [1.54, 1.807) is 12.1 Å². The first kappa shape index (κ1) is 19.7. The zero-order chi connectivity index (χ0) is 20.3. The van der Waals surface area contributed by atoms with Crippen molar-refractivity contribution >= 4 is 23.1 Å². The number of aromatic nitrogens is 2. The summed E-state index contributed by atoms with van der Waals surface area (Å²) >= 11 is 0. The first-order valence-corrected chi connectivity index (χ1v) is 8.88. The van der Waals surface area contributed by atoms with E-state index in [1.165, 1.54) is 0 Å². The minimum absolute atomic E-state index is 0.0867. The summed E-state index contributed by atoms with van der Waals surface area (Å²) in [6, 6.07) is 14.7. The minimum Gasteiger partial charge on any atom is -0.340 e. The van der Waals surface area contributed by atoms with Crippen LogP contribution in [0.3, 0.4) is 0 Å². The van der Waals surface area contributed by atoms with Crippen LogP contribution in [0.25, 0.3) is 0 Å². The summed E-state index contributed by atoms with van der Waals surface area (Å²) in [4.78, 5) is 7.91. The predicted octanol–water partition coefficient (Wildman–Crippen LogP) is 6.41. The van der Waals surface area contributed by atoms with Gasteiger partial charge in [0.15, 0.2) is 0 Å². The third-order valence-corrected chi connectivity index (χ3v) is 4.33. The van der Waals surface area contributed by atoms with E-state index in [1.807, 2.05) is 43.3 Å². The fourth-order valence-corrected chi connectivity index (χ4v) is 2.67. The van der Waals surface area contributed by atoms with Gasteiger partial charge in [0.2, 0.25) is 5.95 Å². The Morgan fingerprint density at radius 1 is 0.929 bits per heavy atom. The van der Waals surface area contributed by atoms with Crippen molar-refractivity contribution in [2.75, 3.05) is 10.6 Å². The van der Waals surface area contributed by atoms with Gasteiger partial charge in [-0.2, -0.15) is 18.2 Å². The van der Waals surface area contributed by atoms with Gasteiger partial charge in [0.1, 0.15) is 11.4 Å². The van der Waals surface area contributed by atoms with Crippen LogP contribution in [0, 0.1) is 6.92 Å². The summed E-state index contributed by atoms with van der Waals surface area (Å²) in [5.41, 5.74) is 2.37. The Hall–Kier alpha value is -3.09. The highest BCUT2D eigenvalue weighted by atomic mass is 19.4. The lowest BCUT2D eigenvalue weighted by molar-refractivity contribution is -0.137. The zero-order valence-electron chi connectivity index (χ0n) is 15.8. The fraction of sp³-hybridized carbons (Fsp3) is 0.238. The number of nitrogens with one attached hydrogen (secondary N) is 2. The lowest BCUT2D eigenvalue weighted by Gasteiger charge is -2.16. The van der Waals surface area contributed by atoms with E-state index in [2.05, 4.69) is 34.4 Å². The standard InChI is InChI=1S/C21H21F3N4/c1-13(2)15-8-10-16(11-9-15)26-19-17(21(22,23)24)12-25-20(28-19)27-18-7-5-4-6-14(18)3/h4-13H,1-3H3,(H2,25,26,27,28). The lowest BCUT2D eigenvalue weighted by atomic mass is 10.0. The van der Waals surface area contributed by atoms with E-state index in [4.69, 9.17) is 0 Å². The van der Waals surface area contributed by atoms with Gasteiger partial charge in [-0.3, -0.25) is 0 Å². The molecule has 0 saturated carbocycles. The van der Waals surface area contributed by atoms with Crippen molar-refractivity contribution < 1.29 is 13.2 Å². The van der Waals surface area contributed by atoms with Crippen molar-refractivity contribution in [2.24, 2.45) is 0 Å². The topological polar surface area (TPSA) is 49.8 Å². The summed E-state index contributed by atoms with van der Waals surface area (Å²) in [7, 11) is 0. The molecular formula is C21H21F3N4. The molecule has 2 aromatic carbocycles. The number of nitrogens with zero attached hydrogens (tertiary/aromatic N) is 2. The maximum atomic E-state index is 13.4. The molecule has 0 saturated heterocycles. The van der Waals surface area contributed by atoms with Gasteiger partial charge < -0.3 is 10.6 Å². The van der Waals surface area contributed by atoms with Crippen LogP contribution in [-0.2, 0) is 6.18 Å². The third kappa shape index (κ3) is 4.60. The molecule has 0 amide bonds. The van der Waals surface area contributed by atoms with Crippen LogP contribution in [0.15, 0.2) is 54.7 Å². The normalized spacial score (nSPS) is 11.5. The fourth-order valence-electron chi connectivity index (χ4n) is 2.67. The van der Waals surface area contributed by atoms with Gasteiger partial charge in [0, 0.05) is 17.6 Å². The summed E-state index contributed by atoms with van der Waals surface area (Å²) in [5.74, 6) is 0.128. The van der Waals surface area contributed by atoms with Gasteiger partial charge >= 0.3 is 6.18 Å². The third-order valence-electron chi connectivity index (χ3n) is 4.33. The van der Waals surface area contributed by atoms with Crippen molar-refractivity contribution in [2.45, 2.75) is 32.9 Å². The Kier molecular flexibility index (Phi) is 5.53. The molecule has 0 unspecified atom stereocenters. The Morgan fingerprint density at radius 2 is 1.61 bits per heavy atom. The highest BCUT2D eigenvalue weighted by Crippen LogP contribution is 2.35. The second kappa shape index (κ2) is 7.88. The second-order valence-electron chi connectivity index (χ2n) is 6.80. The number of hydrogen-bond acceptors (Lipinski definition) is 4. The van der Waals surface area contributed by atoms with E-state index >= 15 is 0 Å². The largest absolute Gasteiger partial charge is 0.421 e. The summed E-state index contributed by atoms with van der Waals surface area (Å²) in [6.45, 7) is 6.00. The monoisotopic (exact) mass is 386 g/mol. The number of halogens is 3. The number of rotatable bonds is 5. The quantitative estimate of drug-likeness (QED) is 0.532. The van der Waals surface area contributed by atoms with Crippen molar-refractivity contribution in [3.05, 3.63) is 71.4 Å². The maximum Gasteiger partial charge on any atom is 0.421 e. The molecule has 0 bridgehead atoms. The molecular weight excluding hydrogens is 365 g/mol. The molecule has 1 aromatic heterocycles. The van der Waals surface area contributed by atoms with Crippen LogP contribution in [-0.4, -0.2) is 9.97 Å². The van der Waals surface area contributed by atoms with E-state index < -0.39 is 11.7 Å². The van der Waals surface area contributed by atoms with Crippen LogP contribution < -0.4 is 10.6 Å². The minimum atomic E-state index is -4.57. The molecule has 3 aromatic rings. The number of hydrogen-bond donors (Lipinski definition) is 2. The number of anilines is 4. The van der Waals surface area contributed by atoms with Gasteiger partial charge in [-0.15, -0.1) is 0 Å². The Balaban J connectivity index is 1.93. The number of aryl methyl sites for hydroxylation is 1. The van der Waals surface area contributed by atoms with Crippen molar-refractivity contribution in [3.8, 4) is 0 Å². The summed E-state index contributed by atoms with van der Waals surface area (Å²) in [6.07, 6.45) is -3.78. The average Bonchev–Trinajstić information content (AvgIpc) is 2.63. The second-order valence-corrected chi connectivity index (χ2v) is 6.80. The SMILES string of the molecule is Cc1ccccc1Nc1ncc(C(F)(F)F)c(Nc2ccc(C(C)C)cc2)n1. The van der Waals surface area contributed by atoms with Gasteiger partial charge in [-0.25, -0.2) is 4.98 Å². The highest BCUT2D eigenvalue weighted by molar-refractivity contribution is 5.64. The summed E-state index contributed by atoms with van der Waals surface area (Å²) < 4.78 is 40.2. The first-order chi connectivity index (χ1) is 13.2. The van der Waals surface area contributed by atoms with Gasteiger partial charge in [0.25, 0.3) is 0 Å². The van der Waals surface area contributed by atoms with Crippen LogP contribution in [0.1, 0.15) is 36.5 Å². The lowest BCUT2D eigenvalue weighted by Crippen LogP contribution is -2.12. The molecule has 3 rings (SSSR count). The smallest absolute Gasteiger partial charge is 0.340 e. The van der Waals surface area contributed by atoms with Crippen molar-refractivity contribution in [1.29, 1.82) is 0 Å². The average molecular weight is 386 g/mol. The van der Waals surface area contributed by atoms with Gasteiger partial charge in [-0.1, -0.05) is 44.2 Å². The van der Waals surface area contributed by atoms with E-state index in [0.29, 0.717) is 11.6 Å². The Morgan fingerprint density at radius 3 is 2.21 bits per heavy atom. The number of alkyl halides is 3. The van der Waals surface area contributed by atoms with Gasteiger partial charge in [0.05, 0.1) is 0 Å². The molecule has 1 heterocycles. The zero-order valence-corrected chi connectivity index (χ0v) is 15.8. The molecule has 0 aliphatic heterocycles. The molecule has 0 aliphatic rings. The Bertz CT molecular complexity index is 951. The van der Waals surface area contributed by atoms with E-state index in [0.717, 1.165) is 23.0 Å². The molecule has 0 radical (unpaired) electrons. The van der Waals surface area contributed by atoms with Crippen LogP contribution >= 0.6 is 0 Å². The highest BCUT2D eigenvalue weighted by Gasteiger charge is 2.35. The van der Waals surface area contributed by atoms with E-state index in [9.17, 15) is 13.2 Å². The first-order valence-electron chi connectivity index (χ1n) is 8.88. The maximum absolute atomic E-state index is 13.4. The van der Waals surface area contributed by atoms with Crippen LogP contribution in [0.4, 0.5) is 36.3 Å². The molecule has 4 nitrogen and oxygen atoms in total. The van der Waals surface area contributed by atoms with Crippen molar-refractivity contribution in [3.63, 3.8) is 0 Å². The molecule has 0 aliphatic carbocycles. The van der Waals surface area contributed by atoms with Crippen LogP contribution in [0.2, 0.25) is 0 Å². The van der Waals surface area contributed by atoms with Crippen molar-refractivity contribution in [1.82, 2.24) is 9.97 Å². The Labute approximate surface area is 161 Å². The predicted molar refractivity (Wildman–Crippen MR) is 105 cm³/mol. The van der Waals surface area contributed by atoms with Gasteiger partial charge in [-0.05, 0) is 42.2 Å². The summed E-state index contributed by atoms with van der Waals surface area (Å²) in [5, 5.41) is 5.75. The number of benzene rings is 2. The molecule has 7 heteroatoms. The molecule has 146 valence electrons. The molecule has 0 fully saturated rings. The van der Waals surface area contributed by atoms with E-state index in [-0.39, 0.29) is 11.8 Å². The number of para-hydroxylation sites is 1. The molecule has 0 atom stereocenters. The van der Waals surface area contributed by atoms with Crippen LogP contribution in [0.5, 0.6) is 0 Å².